The van der Waals surface area contributed by atoms with Gasteiger partial charge in [-0.1, -0.05) is 11.6 Å². The van der Waals surface area contributed by atoms with E-state index in [1.54, 1.807) is 23.3 Å². The Hall–Kier alpha value is -1.26. The Morgan fingerprint density at radius 1 is 1.57 bits per heavy atom. The van der Waals surface area contributed by atoms with Crippen LogP contribution in [-0.2, 0) is 13.1 Å². The number of nitrogens with zero attached hydrogens (tertiary/aromatic N) is 2. The molecule has 74 valence electrons. The molecule has 0 atom stereocenters. The van der Waals surface area contributed by atoms with Crippen molar-refractivity contribution in [1.82, 2.24) is 9.78 Å². The standard InChI is InChI=1S/C9H10ClN3O/c10-8-4-12-13(6-8)5-7-1-2-14-9(7)3-11/h1-2,4,6H,3,5,11H2. The third-order valence-corrected chi connectivity index (χ3v) is 2.15. The molecule has 0 aliphatic rings. The monoisotopic (exact) mass is 211 g/mol. The minimum atomic E-state index is 0.400. The third kappa shape index (κ3) is 1.81. The molecule has 0 saturated carbocycles. The van der Waals surface area contributed by atoms with Crippen LogP contribution in [0.5, 0.6) is 0 Å². The molecule has 2 N–H and O–H groups in total. The predicted molar refractivity (Wildman–Crippen MR) is 52.9 cm³/mol. The quantitative estimate of drug-likeness (QED) is 0.840. The Bertz CT molecular complexity index is 421. The number of aromatic nitrogens is 2. The summed E-state index contributed by atoms with van der Waals surface area (Å²) in [7, 11) is 0. The first-order valence-corrected chi connectivity index (χ1v) is 4.60. The highest BCUT2D eigenvalue weighted by atomic mass is 35.5. The Morgan fingerprint density at radius 3 is 3.07 bits per heavy atom. The van der Waals surface area contributed by atoms with Crippen LogP contribution in [0.1, 0.15) is 11.3 Å². The summed E-state index contributed by atoms with van der Waals surface area (Å²) in [4.78, 5) is 0. The number of halogens is 1. The zero-order chi connectivity index (χ0) is 9.97. The molecule has 2 rings (SSSR count). The van der Waals surface area contributed by atoms with Gasteiger partial charge >= 0.3 is 0 Å². The van der Waals surface area contributed by atoms with E-state index in [-0.39, 0.29) is 0 Å². The number of hydrogen-bond donors (Lipinski definition) is 1. The maximum Gasteiger partial charge on any atom is 0.122 e. The summed E-state index contributed by atoms with van der Waals surface area (Å²) >= 11 is 5.74. The first kappa shape index (κ1) is 9.30. The summed E-state index contributed by atoms with van der Waals surface area (Å²) in [6.45, 7) is 1.03. The molecule has 0 unspecified atom stereocenters. The van der Waals surface area contributed by atoms with E-state index in [4.69, 9.17) is 21.8 Å². The van der Waals surface area contributed by atoms with Gasteiger partial charge in [-0.15, -0.1) is 0 Å². The molecule has 2 aromatic heterocycles. The van der Waals surface area contributed by atoms with Crippen LogP contribution in [0.15, 0.2) is 29.1 Å². The molecule has 2 heterocycles. The van der Waals surface area contributed by atoms with E-state index in [9.17, 15) is 0 Å². The lowest BCUT2D eigenvalue weighted by atomic mass is 10.2. The molecule has 0 spiro atoms. The van der Waals surface area contributed by atoms with Crippen LogP contribution < -0.4 is 5.73 Å². The van der Waals surface area contributed by atoms with Gasteiger partial charge in [-0.05, 0) is 6.07 Å². The predicted octanol–water partition coefficient (Wildman–Crippen LogP) is 1.64. The second-order valence-corrected chi connectivity index (χ2v) is 3.37. The Morgan fingerprint density at radius 2 is 2.43 bits per heavy atom. The molecule has 0 aliphatic carbocycles. The second-order valence-electron chi connectivity index (χ2n) is 2.93. The molecule has 0 aliphatic heterocycles. The molecule has 0 bridgehead atoms. The number of furan rings is 1. The van der Waals surface area contributed by atoms with Crippen LogP contribution in [0, 0.1) is 0 Å². The lowest BCUT2D eigenvalue weighted by molar-refractivity contribution is 0.503. The van der Waals surface area contributed by atoms with Gasteiger partial charge in [0.15, 0.2) is 0 Å². The van der Waals surface area contributed by atoms with Crippen LogP contribution in [0.2, 0.25) is 5.02 Å². The minimum absolute atomic E-state index is 0.400. The van der Waals surface area contributed by atoms with Crippen LogP contribution in [-0.4, -0.2) is 9.78 Å². The minimum Gasteiger partial charge on any atom is -0.468 e. The highest BCUT2D eigenvalue weighted by Crippen LogP contribution is 2.12. The summed E-state index contributed by atoms with van der Waals surface area (Å²) in [5.41, 5.74) is 6.54. The number of nitrogens with two attached hydrogens (primary N) is 1. The molecular formula is C9H10ClN3O. The lowest BCUT2D eigenvalue weighted by Crippen LogP contribution is -2.04. The second kappa shape index (κ2) is 3.86. The summed E-state index contributed by atoms with van der Waals surface area (Å²) in [6, 6.07) is 1.89. The summed E-state index contributed by atoms with van der Waals surface area (Å²) in [6.07, 6.45) is 4.99. The maximum absolute atomic E-state index is 5.74. The molecule has 0 amide bonds. The highest BCUT2D eigenvalue weighted by Gasteiger charge is 2.05. The van der Waals surface area contributed by atoms with Gasteiger partial charge in [0.25, 0.3) is 0 Å². The van der Waals surface area contributed by atoms with E-state index >= 15 is 0 Å². The topological polar surface area (TPSA) is 57.0 Å². The van der Waals surface area contributed by atoms with Crippen molar-refractivity contribution in [3.05, 3.63) is 41.1 Å². The van der Waals surface area contributed by atoms with Crippen LogP contribution in [0.25, 0.3) is 0 Å². The van der Waals surface area contributed by atoms with Crippen molar-refractivity contribution in [1.29, 1.82) is 0 Å². The smallest absolute Gasteiger partial charge is 0.122 e. The van der Waals surface area contributed by atoms with Gasteiger partial charge in [-0.2, -0.15) is 5.10 Å². The van der Waals surface area contributed by atoms with Crippen LogP contribution >= 0.6 is 11.6 Å². The zero-order valence-corrected chi connectivity index (χ0v) is 8.24. The van der Waals surface area contributed by atoms with Gasteiger partial charge in [-0.25, -0.2) is 0 Å². The fraction of sp³-hybridized carbons (Fsp3) is 0.222. The van der Waals surface area contributed by atoms with E-state index < -0.39 is 0 Å². The summed E-state index contributed by atoms with van der Waals surface area (Å²) < 4.78 is 6.94. The van der Waals surface area contributed by atoms with Gasteiger partial charge in [-0.3, -0.25) is 4.68 Å². The van der Waals surface area contributed by atoms with Crippen molar-refractivity contribution in [2.24, 2.45) is 5.73 Å². The van der Waals surface area contributed by atoms with Crippen LogP contribution in [0.3, 0.4) is 0 Å². The van der Waals surface area contributed by atoms with Crippen molar-refractivity contribution in [2.75, 3.05) is 0 Å². The number of rotatable bonds is 3. The zero-order valence-electron chi connectivity index (χ0n) is 7.48. The molecule has 0 radical (unpaired) electrons. The molecule has 0 saturated heterocycles. The van der Waals surface area contributed by atoms with E-state index in [1.165, 1.54) is 0 Å². The van der Waals surface area contributed by atoms with Gasteiger partial charge < -0.3 is 10.2 Å². The van der Waals surface area contributed by atoms with Crippen molar-refractivity contribution in [3.8, 4) is 0 Å². The van der Waals surface area contributed by atoms with Gasteiger partial charge in [0.1, 0.15) is 5.76 Å². The Kier molecular flexibility index (Phi) is 2.56. The lowest BCUT2D eigenvalue weighted by Gasteiger charge is -2.00. The average Bonchev–Trinajstić information content (AvgIpc) is 2.76. The van der Waals surface area contributed by atoms with Crippen molar-refractivity contribution < 1.29 is 4.42 Å². The largest absolute Gasteiger partial charge is 0.468 e. The molecule has 5 heteroatoms. The van der Waals surface area contributed by atoms with E-state index in [0.29, 0.717) is 18.1 Å². The average molecular weight is 212 g/mol. The molecule has 4 nitrogen and oxygen atoms in total. The Labute approximate surface area is 86.3 Å². The fourth-order valence-corrected chi connectivity index (χ4v) is 1.44. The Balaban J connectivity index is 2.18. The van der Waals surface area contributed by atoms with Gasteiger partial charge in [0.05, 0.1) is 30.6 Å². The first-order valence-electron chi connectivity index (χ1n) is 4.23. The molecular weight excluding hydrogens is 202 g/mol. The SMILES string of the molecule is NCc1occc1Cn1cc(Cl)cn1. The van der Waals surface area contributed by atoms with Crippen molar-refractivity contribution in [2.45, 2.75) is 13.1 Å². The van der Waals surface area contributed by atoms with E-state index in [0.717, 1.165) is 11.3 Å². The summed E-state index contributed by atoms with van der Waals surface area (Å²) in [5.74, 6) is 0.789. The van der Waals surface area contributed by atoms with E-state index in [2.05, 4.69) is 5.10 Å². The highest BCUT2D eigenvalue weighted by molar-refractivity contribution is 6.30. The van der Waals surface area contributed by atoms with E-state index in [1.807, 2.05) is 6.07 Å². The molecule has 0 fully saturated rings. The molecule has 14 heavy (non-hydrogen) atoms. The van der Waals surface area contributed by atoms with Crippen LogP contribution in [0.4, 0.5) is 0 Å². The van der Waals surface area contributed by atoms with Crippen molar-refractivity contribution >= 4 is 11.6 Å². The first-order chi connectivity index (χ1) is 6.79. The van der Waals surface area contributed by atoms with Gasteiger partial charge in [0.2, 0.25) is 0 Å². The summed E-state index contributed by atoms with van der Waals surface area (Å²) in [5, 5.41) is 4.70. The normalized spacial score (nSPS) is 10.7. The number of hydrogen-bond acceptors (Lipinski definition) is 3. The maximum atomic E-state index is 5.74. The fourth-order valence-electron chi connectivity index (χ4n) is 1.29. The molecule has 2 aromatic rings. The molecule has 0 aromatic carbocycles. The third-order valence-electron chi connectivity index (χ3n) is 1.96. The van der Waals surface area contributed by atoms with Gasteiger partial charge in [0, 0.05) is 11.8 Å². The van der Waals surface area contributed by atoms with Crippen molar-refractivity contribution in [3.63, 3.8) is 0 Å².